The van der Waals surface area contributed by atoms with Crippen LogP contribution < -0.4 is 20.5 Å². The van der Waals surface area contributed by atoms with E-state index in [-0.39, 0.29) is 15.9 Å². The van der Waals surface area contributed by atoms with Crippen molar-refractivity contribution in [1.82, 2.24) is 15.1 Å². The van der Waals surface area contributed by atoms with Crippen LogP contribution in [-0.2, 0) is 27.9 Å². The predicted molar refractivity (Wildman–Crippen MR) is 142 cm³/mol. The second-order valence-electron chi connectivity index (χ2n) is 8.75. The summed E-state index contributed by atoms with van der Waals surface area (Å²) in [5, 5.41) is 7.95. The van der Waals surface area contributed by atoms with Crippen molar-refractivity contribution < 1.29 is 17.9 Å². The molecule has 190 valence electrons. The number of carbonyl (C=O) groups is 1. The zero-order chi connectivity index (χ0) is 26.1. The molecule has 0 saturated heterocycles. The Morgan fingerprint density at radius 2 is 1.89 bits per heavy atom. The largest absolute Gasteiger partial charge is 0.496 e. The summed E-state index contributed by atoms with van der Waals surface area (Å²) in [5.41, 5.74) is 7.39. The molecule has 0 aliphatic rings. The van der Waals surface area contributed by atoms with Gasteiger partial charge in [-0.05, 0) is 49.2 Å². The van der Waals surface area contributed by atoms with E-state index in [2.05, 4.69) is 15.1 Å². The quantitative estimate of drug-likeness (QED) is 0.291. The Kier molecular flexibility index (Phi) is 7.28. The van der Waals surface area contributed by atoms with Gasteiger partial charge in [-0.1, -0.05) is 41.9 Å². The molecular formula is C24H26ClN5O4S2. The zero-order valence-corrected chi connectivity index (χ0v) is 22.3. The number of nitrogens with one attached hydrogen (secondary N) is 2. The fourth-order valence-corrected chi connectivity index (χ4v) is 6.09. The zero-order valence-electron chi connectivity index (χ0n) is 19.9. The third-order valence-electron chi connectivity index (χ3n) is 5.37. The van der Waals surface area contributed by atoms with E-state index in [0.29, 0.717) is 34.1 Å². The molecule has 2 heterocycles. The first kappa shape index (κ1) is 26.0. The van der Waals surface area contributed by atoms with E-state index in [1.54, 1.807) is 24.6 Å². The van der Waals surface area contributed by atoms with Gasteiger partial charge in [0.2, 0.25) is 5.91 Å². The topological polar surface area (TPSA) is 128 Å². The number of amides is 1. The Morgan fingerprint density at radius 1 is 1.17 bits per heavy atom. The SMILES string of the molecule is COc1cccc2c1c(NS(=O)(=O)c1ccc(Cl)s1)nn2Cc1cccc(CNC(=O)C(C)(C)N)c1. The number of hydrogen-bond donors (Lipinski definition) is 3. The lowest BCUT2D eigenvalue weighted by Gasteiger charge is -2.18. The molecule has 2 aromatic heterocycles. The number of thiophene rings is 1. The standard InChI is InChI=1S/C24H26ClN5O4S2/c1-24(2,26)23(31)27-13-15-6-4-7-16(12-15)14-30-17-8-5-9-18(34-3)21(17)22(28-30)29-36(32,33)20-11-10-19(25)35-20/h4-12H,13-14,26H2,1-3H3,(H,27,31)(H,28,29). The lowest BCUT2D eigenvalue weighted by atomic mass is 10.1. The van der Waals surface area contributed by atoms with E-state index in [4.69, 9.17) is 22.1 Å². The van der Waals surface area contributed by atoms with Crippen LogP contribution in [-0.4, -0.2) is 36.8 Å². The number of rotatable bonds is 9. The first-order chi connectivity index (χ1) is 17.0. The Labute approximate surface area is 218 Å². The Morgan fingerprint density at radius 3 is 2.56 bits per heavy atom. The number of halogens is 1. The van der Waals surface area contributed by atoms with Crippen molar-refractivity contribution in [2.24, 2.45) is 5.73 Å². The number of carbonyl (C=O) groups excluding carboxylic acids is 1. The third kappa shape index (κ3) is 5.65. The normalized spacial score (nSPS) is 12.0. The molecule has 4 rings (SSSR count). The molecule has 0 aliphatic carbocycles. The van der Waals surface area contributed by atoms with Crippen molar-refractivity contribution in [3.63, 3.8) is 0 Å². The fraction of sp³-hybridized carbons (Fsp3) is 0.250. The van der Waals surface area contributed by atoms with Gasteiger partial charge in [-0.25, -0.2) is 8.42 Å². The van der Waals surface area contributed by atoms with Crippen molar-refractivity contribution in [2.75, 3.05) is 11.8 Å². The minimum atomic E-state index is -3.90. The van der Waals surface area contributed by atoms with Crippen LogP contribution in [0.15, 0.2) is 58.8 Å². The van der Waals surface area contributed by atoms with E-state index >= 15 is 0 Å². The van der Waals surface area contributed by atoms with Gasteiger partial charge in [-0.15, -0.1) is 11.3 Å². The van der Waals surface area contributed by atoms with Gasteiger partial charge < -0.3 is 15.8 Å². The second kappa shape index (κ2) is 10.1. The molecule has 0 unspecified atom stereocenters. The molecule has 0 saturated carbocycles. The number of aromatic nitrogens is 2. The van der Waals surface area contributed by atoms with Gasteiger partial charge in [0, 0.05) is 6.54 Å². The molecule has 12 heteroatoms. The number of hydrogen-bond acceptors (Lipinski definition) is 7. The second-order valence-corrected chi connectivity index (χ2v) is 12.4. The van der Waals surface area contributed by atoms with Crippen LogP contribution in [0, 0.1) is 0 Å². The molecule has 4 N–H and O–H groups in total. The number of ether oxygens (including phenoxy) is 1. The van der Waals surface area contributed by atoms with Crippen molar-refractivity contribution in [3.05, 3.63) is 70.1 Å². The first-order valence-corrected chi connectivity index (χ1v) is 13.6. The average molecular weight is 548 g/mol. The average Bonchev–Trinajstić information content (AvgIpc) is 3.41. The van der Waals surface area contributed by atoms with Crippen molar-refractivity contribution >= 4 is 55.6 Å². The number of methoxy groups -OCH3 is 1. The summed E-state index contributed by atoms with van der Waals surface area (Å²) in [6.07, 6.45) is 0. The maximum Gasteiger partial charge on any atom is 0.272 e. The van der Waals surface area contributed by atoms with Gasteiger partial charge in [-0.3, -0.25) is 14.2 Å². The van der Waals surface area contributed by atoms with Gasteiger partial charge in [0.05, 0.1) is 34.4 Å². The van der Waals surface area contributed by atoms with Gasteiger partial charge in [0.25, 0.3) is 10.0 Å². The number of anilines is 1. The summed E-state index contributed by atoms with van der Waals surface area (Å²) in [4.78, 5) is 12.1. The van der Waals surface area contributed by atoms with Crippen LogP contribution >= 0.6 is 22.9 Å². The van der Waals surface area contributed by atoms with Gasteiger partial charge in [0.15, 0.2) is 5.82 Å². The summed E-state index contributed by atoms with van der Waals surface area (Å²) in [6, 6.07) is 16.1. The van der Waals surface area contributed by atoms with Gasteiger partial charge >= 0.3 is 0 Å². The summed E-state index contributed by atoms with van der Waals surface area (Å²) in [7, 11) is -2.38. The molecule has 0 spiro atoms. The summed E-state index contributed by atoms with van der Waals surface area (Å²) in [6.45, 7) is 3.99. The highest BCUT2D eigenvalue weighted by Crippen LogP contribution is 2.35. The molecule has 0 bridgehead atoms. The lowest BCUT2D eigenvalue weighted by Crippen LogP contribution is -2.48. The van der Waals surface area contributed by atoms with Gasteiger partial charge in [0.1, 0.15) is 9.96 Å². The minimum absolute atomic E-state index is 0.0838. The Balaban J connectivity index is 1.65. The molecule has 0 radical (unpaired) electrons. The van der Waals surface area contributed by atoms with Crippen LogP contribution in [0.5, 0.6) is 5.75 Å². The molecule has 9 nitrogen and oxygen atoms in total. The predicted octanol–water partition coefficient (Wildman–Crippen LogP) is 3.96. The Bertz CT molecular complexity index is 1520. The van der Waals surface area contributed by atoms with Crippen LogP contribution in [0.4, 0.5) is 5.82 Å². The smallest absolute Gasteiger partial charge is 0.272 e. The maximum absolute atomic E-state index is 13.0. The fourth-order valence-electron chi connectivity index (χ4n) is 3.60. The molecule has 4 aromatic rings. The van der Waals surface area contributed by atoms with Crippen LogP contribution in [0.25, 0.3) is 10.9 Å². The van der Waals surface area contributed by atoms with Crippen molar-refractivity contribution in [3.8, 4) is 5.75 Å². The van der Waals surface area contributed by atoms with E-state index in [9.17, 15) is 13.2 Å². The molecule has 36 heavy (non-hydrogen) atoms. The summed E-state index contributed by atoms with van der Waals surface area (Å²) in [5.74, 6) is 0.393. The van der Waals surface area contributed by atoms with E-state index < -0.39 is 15.6 Å². The summed E-state index contributed by atoms with van der Waals surface area (Å²) >= 11 is 6.90. The lowest BCUT2D eigenvalue weighted by molar-refractivity contribution is -0.125. The Hall–Kier alpha value is -3.12. The molecular weight excluding hydrogens is 522 g/mol. The van der Waals surface area contributed by atoms with E-state index in [1.807, 2.05) is 36.4 Å². The number of benzene rings is 2. The van der Waals surface area contributed by atoms with Crippen LogP contribution in [0.1, 0.15) is 25.0 Å². The van der Waals surface area contributed by atoms with E-state index in [1.165, 1.54) is 19.2 Å². The number of sulfonamides is 1. The minimum Gasteiger partial charge on any atom is -0.496 e. The molecule has 0 aliphatic heterocycles. The van der Waals surface area contributed by atoms with Crippen LogP contribution in [0.2, 0.25) is 4.34 Å². The van der Waals surface area contributed by atoms with Crippen molar-refractivity contribution in [1.29, 1.82) is 0 Å². The maximum atomic E-state index is 13.0. The number of nitrogens with zero attached hydrogens (tertiary/aromatic N) is 2. The first-order valence-electron chi connectivity index (χ1n) is 10.9. The number of nitrogens with two attached hydrogens (primary N) is 1. The molecule has 0 fully saturated rings. The molecule has 0 atom stereocenters. The summed E-state index contributed by atoms with van der Waals surface area (Å²) < 4.78 is 36.2. The molecule has 2 aromatic carbocycles. The molecule has 1 amide bonds. The van der Waals surface area contributed by atoms with Gasteiger partial charge in [-0.2, -0.15) is 5.10 Å². The highest BCUT2D eigenvalue weighted by Gasteiger charge is 2.23. The third-order valence-corrected chi connectivity index (χ3v) is 8.43. The van der Waals surface area contributed by atoms with Crippen molar-refractivity contribution in [2.45, 2.75) is 36.7 Å². The monoisotopic (exact) mass is 547 g/mol. The highest BCUT2D eigenvalue weighted by atomic mass is 35.5. The van der Waals surface area contributed by atoms with Crippen LogP contribution in [0.3, 0.4) is 0 Å². The number of fused-ring (bicyclic) bond motifs is 1. The highest BCUT2D eigenvalue weighted by molar-refractivity contribution is 7.94. The van der Waals surface area contributed by atoms with E-state index in [0.717, 1.165) is 22.5 Å².